The number of carbonyl (C=O) groups excluding carboxylic acids is 1. The standard InChI is InChI=1S/C22H21BrN2O/c1-22(2)13-20(26)24-19(11-14-6-5-8-16(23)10-14)18-12-15-7-3-4-9-17(15)21(18)25(22)24/h3-11,18,21H,12-13H2,1-2H3/b19-11+. The van der Waals surface area contributed by atoms with E-state index in [1.165, 1.54) is 11.1 Å². The number of benzene rings is 2. The fraction of sp³-hybridized carbons (Fsp3) is 0.318. The monoisotopic (exact) mass is 408 g/mol. The highest BCUT2D eigenvalue weighted by Crippen LogP contribution is 2.57. The zero-order valence-corrected chi connectivity index (χ0v) is 16.5. The molecule has 2 fully saturated rings. The smallest absolute Gasteiger partial charge is 0.243 e. The van der Waals surface area contributed by atoms with Gasteiger partial charge in [-0.3, -0.25) is 4.79 Å². The lowest BCUT2D eigenvalue weighted by atomic mass is 9.92. The number of halogens is 1. The van der Waals surface area contributed by atoms with Crippen LogP contribution in [0.1, 0.15) is 43.0 Å². The summed E-state index contributed by atoms with van der Waals surface area (Å²) in [6.45, 7) is 4.37. The molecule has 0 bridgehead atoms. The number of carbonyl (C=O) groups is 1. The van der Waals surface area contributed by atoms with Crippen molar-refractivity contribution in [3.05, 3.63) is 75.4 Å². The Labute approximate surface area is 162 Å². The zero-order valence-electron chi connectivity index (χ0n) is 14.9. The molecule has 132 valence electrons. The van der Waals surface area contributed by atoms with Gasteiger partial charge in [0.05, 0.1) is 6.04 Å². The van der Waals surface area contributed by atoms with E-state index >= 15 is 0 Å². The van der Waals surface area contributed by atoms with Crippen molar-refractivity contribution >= 4 is 27.9 Å². The summed E-state index contributed by atoms with van der Waals surface area (Å²) in [5.74, 6) is 0.540. The second-order valence-electron chi connectivity index (χ2n) is 8.12. The molecule has 1 amide bonds. The molecule has 2 aliphatic heterocycles. The molecule has 3 nitrogen and oxygen atoms in total. The van der Waals surface area contributed by atoms with Crippen LogP contribution in [-0.4, -0.2) is 21.5 Å². The van der Waals surface area contributed by atoms with Gasteiger partial charge in [-0.1, -0.05) is 52.3 Å². The van der Waals surface area contributed by atoms with Gasteiger partial charge in [0.2, 0.25) is 5.91 Å². The summed E-state index contributed by atoms with van der Waals surface area (Å²) in [6, 6.07) is 17.2. The van der Waals surface area contributed by atoms with Crippen LogP contribution in [0.15, 0.2) is 58.7 Å². The molecular weight excluding hydrogens is 388 g/mol. The van der Waals surface area contributed by atoms with Crippen LogP contribution in [-0.2, 0) is 11.2 Å². The van der Waals surface area contributed by atoms with Gasteiger partial charge in [-0.2, -0.15) is 5.01 Å². The molecule has 0 saturated carbocycles. The fourth-order valence-electron chi connectivity index (χ4n) is 4.92. The van der Waals surface area contributed by atoms with Gasteiger partial charge in [0.15, 0.2) is 0 Å². The Bertz CT molecular complexity index is 949. The van der Waals surface area contributed by atoms with E-state index in [0.717, 1.165) is 22.2 Å². The van der Waals surface area contributed by atoms with E-state index < -0.39 is 0 Å². The number of amides is 1. The summed E-state index contributed by atoms with van der Waals surface area (Å²) >= 11 is 3.56. The molecule has 3 aliphatic rings. The summed E-state index contributed by atoms with van der Waals surface area (Å²) in [7, 11) is 0. The lowest BCUT2D eigenvalue weighted by Gasteiger charge is -2.35. The van der Waals surface area contributed by atoms with Crippen LogP contribution in [0.5, 0.6) is 0 Å². The van der Waals surface area contributed by atoms with Crippen LogP contribution in [0.4, 0.5) is 0 Å². The molecule has 4 heteroatoms. The van der Waals surface area contributed by atoms with Crippen molar-refractivity contribution in [2.75, 3.05) is 0 Å². The van der Waals surface area contributed by atoms with Gasteiger partial charge < -0.3 is 0 Å². The van der Waals surface area contributed by atoms with Crippen molar-refractivity contribution < 1.29 is 4.79 Å². The van der Waals surface area contributed by atoms with Gasteiger partial charge >= 0.3 is 0 Å². The quantitative estimate of drug-likeness (QED) is 0.666. The van der Waals surface area contributed by atoms with Gasteiger partial charge in [-0.25, -0.2) is 5.01 Å². The van der Waals surface area contributed by atoms with E-state index in [2.05, 4.69) is 77.3 Å². The Hall–Kier alpha value is -1.91. The van der Waals surface area contributed by atoms with Crippen LogP contribution in [0, 0.1) is 5.92 Å². The third kappa shape index (κ3) is 2.25. The van der Waals surface area contributed by atoms with Gasteiger partial charge in [0, 0.05) is 28.0 Å². The molecule has 2 atom stereocenters. The maximum absolute atomic E-state index is 12.9. The van der Waals surface area contributed by atoms with E-state index in [-0.39, 0.29) is 17.5 Å². The second kappa shape index (κ2) is 5.54. The normalized spacial score (nSPS) is 27.7. The van der Waals surface area contributed by atoms with E-state index in [1.807, 2.05) is 17.1 Å². The Balaban J connectivity index is 1.68. The van der Waals surface area contributed by atoms with Crippen molar-refractivity contribution in [2.24, 2.45) is 5.92 Å². The molecule has 0 aromatic heterocycles. The van der Waals surface area contributed by atoms with E-state index in [4.69, 9.17) is 0 Å². The highest BCUT2D eigenvalue weighted by molar-refractivity contribution is 9.10. The van der Waals surface area contributed by atoms with Crippen molar-refractivity contribution in [1.82, 2.24) is 10.0 Å². The third-order valence-electron chi connectivity index (χ3n) is 5.90. The molecule has 5 rings (SSSR count). The number of hydrogen-bond donors (Lipinski definition) is 0. The Morgan fingerprint density at radius 1 is 1.15 bits per heavy atom. The summed E-state index contributed by atoms with van der Waals surface area (Å²) in [4.78, 5) is 12.9. The summed E-state index contributed by atoms with van der Waals surface area (Å²) in [5, 5.41) is 4.32. The van der Waals surface area contributed by atoms with Crippen LogP contribution in [0.25, 0.3) is 6.08 Å². The second-order valence-corrected chi connectivity index (χ2v) is 9.03. The van der Waals surface area contributed by atoms with Crippen LogP contribution >= 0.6 is 15.9 Å². The predicted molar refractivity (Wildman–Crippen MR) is 106 cm³/mol. The molecule has 2 heterocycles. The minimum atomic E-state index is -0.162. The Morgan fingerprint density at radius 2 is 1.96 bits per heavy atom. The number of fused-ring (bicyclic) bond motifs is 5. The first-order valence-electron chi connectivity index (χ1n) is 9.13. The lowest BCUT2D eigenvalue weighted by Crippen LogP contribution is -2.43. The molecule has 26 heavy (non-hydrogen) atoms. The zero-order chi connectivity index (χ0) is 18.1. The largest absolute Gasteiger partial charge is 0.273 e. The van der Waals surface area contributed by atoms with Crippen LogP contribution in [0.2, 0.25) is 0 Å². The Morgan fingerprint density at radius 3 is 2.77 bits per heavy atom. The number of nitrogens with zero attached hydrogens (tertiary/aromatic N) is 2. The minimum absolute atomic E-state index is 0.162. The molecule has 0 radical (unpaired) electrons. The van der Waals surface area contributed by atoms with E-state index in [0.29, 0.717) is 12.3 Å². The predicted octanol–water partition coefficient (Wildman–Crippen LogP) is 4.95. The first kappa shape index (κ1) is 16.3. The minimum Gasteiger partial charge on any atom is -0.273 e. The maximum atomic E-state index is 12.9. The molecule has 2 saturated heterocycles. The number of hydrogen-bond acceptors (Lipinski definition) is 2. The molecule has 2 unspecified atom stereocenters. The van der Waals surface area contributed by atoms with Crippen molar-refractivity contribution in [1.29, 1.82) is 0 Å². The first-order valence-corrected chi connectivity index (χ1v) is 9.92. The number of rotatable bonds is 1. The average Bonchev–Trinajstić information content (AvgIpc) is 3.17. The molecule has 1 aliphatic carbocycles. The molecule has 2 aromatic rings. The van der Waals surface area contributed by atoms with E-state index in [9.17, 15) is 4.79 Å². The highest BCUT2D eigenvalue weighted by Gasteiger charge is 2.59. The van der Waals surface area contributed by atoms with Crippen LogP contribution < -0.4 is 0 Å². The van der Waals surface area contributed by atoms with Gasteiger partial charge in [0.25, 0.3) is 0 Å². The van der Waals surface area contributed by atoms with Crippen molar-refractivity contribution in [3.8, 4) is 0 Å². The van der Waals surface area contributed by atoms with Crippen molar-refractivity contribution in [3.63, 3.8) is 0 Å². The highest BCUT2D eigenvalue weighted by atomic mass is 79.9. The lowest BCUT2D eigenvalue weighted by molar-refractivity contribution is -0.134. The van der Waals surface area contributed by atoms with Gasteiger partial charge in [-0.15, -0.1) is 0 Å². The topological polar surface area (TPSA) is 23.6 Å². The van der Waals surface area contributed by atoms with Gasteiger partial charge in [0.1, 0.15) is 0 Å². The average molecular weight is 409 g/mol. The molecule has 2 aromatic carbocycles. The summed E-state index contributed by atoms with van der Waals surface area (Å²) in [5.41, 5.74) is 4.90. The summed E-state index contributed by atoms with van der Waals surface area (Å²) < 4.78 is 1.06. The molecular formula is C22H21BrN2O. The molecule has 0 spiro atoms. The third-order valence-corrected chi connectivity index (χ3v) is 6.39. The maximum Gasteiger partial charge on any atom is 0.243 e. The van der Waals surface area contributed by atoms with Crippen molar-refractivity contribution in [2.45, 2.75) is 38.3 Å². The SMILES string of the molecule is CC1(C)CC(=O)N2/C(=C/c3cccc(Br)c3)C3Cc4ccccc4C3N21. The molecule has 0 N–H and O–H groups in total. The summed E-state index contributed by atoms with van der Waals surface area (Å²) in [6.07, 6.45) is 3.76. The van der Waals surface area contributed by atoms with E-state index in [1.54, 1.807) is 0 Å². The fourth-order valence-corrected chi connectivity index (χ4v) is 5.34. The Kier molecular flexibility index (Phi) is 3.47. The number of hydrazine groups is 1. The van der Waals surface area contributed by atoms with Crippen LogP contribution in [0.3, 0.4) is 0 Å². The first-order chi connectivity index (χ1) is 12.5. The van der Waals surface area contributed by atoms with Gasteiger partial charge in [-0.05, 0) is 55.2 Å².